The van der Waals surface area contributed by atoms with E-state index < -0.39 is 5.97 Å². The van der Waals surface area contributed by atoms with Crippen LogP contribution in [-0.2, 0) is 9.53 Å². The second-order valence-electron chi connectivity index (χ2n) is 5.23. The first-order chi connectivity index (χ1) is 12.5. The van der Waals surface area contributed by atoms with Gasteiger partial charge in [-0.05, 0) is 83.7 Å². The van der Waals surface area contributed by atoms with Crippen LogP contribution in [0.3, 0.4) is 0 Å². The first-order valence-corrected chi connectivity index (χ1v) is 9.87. The average Bonchev–Trinajstić information content (AvgIpc) is 2.95. The number of esters is 1. The number of rotatable bonds is 5. The van der Waals surface area contributed by atoms with Crippen LogP contribution in [0.15, 0.2) is 73.2 Å². The fraction of sp³-hybridized carbons (Fsp3) is 0.0526. The van der Waals surface area contributed by atoms with Crippen LogP contribution in [0.25, 0.3) is 6.08 Å². The van der Waals surface area contributed by atoms with Crippen molar-refractivity contribution in [2.24, 2.45) is 4.99 Å². The molecule has 2 aromatic rings. The first kappa shape index (κ1) is 19.1. The van der Waals surface area contributed by atoms with E-state index in [1.165, 1.54) is 0 Å². The van der Waals surface area contributed by atoms with E-state index in [9.17, 15) is 4.79 Å². The molecule has 1 aliphatic rings. The zero-order chi connectivity index (χ0) is 18.7. The van der Waals surface area contributed by atoms with E-state index in [1.807, 2.05) is 36.4 Å². The van der Waals surface area contributed by atoms with Gasteiger partial charge in [-0.1, -0.05) is 24.8 Å². The molecule has 0 saturated heterocycles. The standard InChI is InChI=1S/C19H12Br3NO3/c1-2-7-25-17-14(21)8-11(9-15(17)22)10-16-19(24)26-18(23-16)12-5-3-4-6-13(12)20/h2-6,8-10H,1,7H2/b16-10-. The van der Waals surface area contributed by atoms with Crippen molar-refractivity contribution < 1.29 is 14.3 Å². The minimum Gasteiger partial charge on any atom is -0.487 e. The average molecular weight is 542 g/mol. The molecule has 3 rings (SSSR count). The molecular formula is C19H12Br3NO3. The van der Waals surface area contributed by atoms with Crippen molar-refractivity contribution in [3.63, 3.8) is 0 Å². The summed E-state index contributed by atoms with van der Waals surface area (Å²) in [6, 6.07) is 11.1. The second kappa shape index (κ2) is 8.33. The van der Waals surface area contributed by atoms with E-state index in [2.05, 4.69) is 59.4 Å². The Morgan fingerprint density at radius 3 is 2.46 bits per heavy atom. The fourth-order valence-corrected chi connectivity index (χ4v) is 4.17. The van der Waals surface area contributed by atoms with Crippen molar-refractivity contribution in [2.75, 3.05) is 6.61 Å². The van der Waals surface area contributed by atoms with Crippen LogP contribution in [0, 0.1) is 0 Å². The first-order valence-electron chi connectivity index (χ1n) is 7.50. The van der Waals surface area contributed by atoms with Gasteiger partial charge >= 0.3 is 5.97 Å². The molecule has 0 N–H and O–H groups in total. The number of nitrogens with zero attached hydrogens (tertiary/aromatic N) is 1. The van der Waals surface area contributed by atoms with Gasteiger partial charge in [0.1, 0.15) is 12.4 Å². The molecule has 0 saturated carbocycles. The van der Waals surface area contributed by atoms with Crippen molar-refractivity contribution in [3.05, 3.63) is 79.3 Å². The van der Waals surface area contributed by atoms with Gasteiger partial charge < -0.3 is 9.47 Å². The van der Waals surface area contributed by atoms with Crippen LogP contribution in [0.5, 0.6) is 5.75 Å². The molecule has 1 aliphatic heterocycles. The summed E-state index contributed by atoms with van der Waals surface area (Å²) < 4.78 is 13.2. The summed E-state index contributed by atoms with van der Waals surface area (Å²) in [6.07, 6.45) is 3.33. The Morgan fingerprint density at radius 1 is 1.12 bits per heavy atom. The van der Waals surface area contributed by atoms with Gasteiger partial charge in [-0.3, -0.25) is 0 Å². The highest BCUT2D eigenvalue weighted by atomic mass is 79.9. The van der Waals surface area contributed by atoms with E-state index in [-0.39, 0.29) is 11.6 Å². The molecule has 0 bridgehead atoms. The number of cyclic esters (lactones) is 1. The molecule has 132 valence electrons. The third-order valence-corrected chi connectivity index (χ3v) is 5.26. The molecule has 0 atom stereocenters. The van der Waals surface area contributed by atoms with Crippen LogP contribution >= 0.6 is 47.8 Å². The highest BCUT2D eigenvalue weighted by molar-refractivity contribution is 9.11. The van der Waals surface area contributed by atoms with Crippen LogP contribution in [-0.4, -0.2) is 18.5 Å². The van der Waals surface area contributed by atoms with Gasteiger partial charge in [0.2, 0.25) is 5.90 Å². The lowest BCUT2D eigenvalue weighted by atomic mass is 10.2. The molecule has 4 nitrogen and oxygen atoms in total. The van der Waals surface area contributed by atoms with Crippen LogP contribution < -0.4 is 4.74 Å². The summed E-state index contributed by atoms with van der Waals surface area (Å²) in [4.78, 5) is 16.5. The molecule has 0 amide bonds. The van der Waals surface area contributed by atoms with E-state index in [0.717, 1.165) is 24.5 Å². The minimum atomic E-state index is -0.491. The highest BCUT2D eigenvalue weighted by Gasteiger charge is 2.25. The summed E-state index contributed by atoms with van der Waals surface area (Å²) in [5, 5.41) is 0. The molecule has 0 radical (unpaired) electrons. The topological polar surface area (TPSA) is 47.9 Å². The molecule has 2 aromatic carbocycles. The molecule has 0 spiro atoms. The Hall–Kier alpha value is -1.70. The predicted octanol–water partition coefficient (Wildman–Crippen LogP) is 5.88. The molecule has 1 heterocycles. The maximum absolute atomic E-state index is 12.2. The van der Waals surface area contributed by atoms with Crippen molar-refractivity contribution >= 4 is 65.7 Å². The quantitative estimate of drug-likeness (QED) is 0.270. The zero-order valence-electron chi connectivity index (χ0n) is 13.3. The maximum atomic E-state index is 12.2. The van der Waals surface area contributed by atoms with Gasteiger partial charge in [0.25, 0.3) is 0 Å². The number of aliphatic imine (C=N–C) groups is 1. The fourth-order valence-electron chi connectivity index (χ4n) is 2.26. The van der Waals surface area contributed by atoms with Gasteiger partial charge in [0.05, 0.1) is 14.5 Å². The largest absolute Gasteiger partial charge is 0.487 e. The van der Waals surface area contributed by atoms with E-state index >= 15 is 0 Å². The van der Waals surface area contributed by atoms with Crippen LogP contribution in [0.4, 0.5) is 0 Å². The number of ether oxygens (including phenoxy) is 2. The van der Waals surface area contributed by atoms with Crippen molar-refractivity contribution in [2.45, 2.75) is 0 Å². The monoisotopic (exact) mass is 539 g/mol. The lowest BCUT2D eigenvalue weighted by Gasteiger charge is -2.09. The lowest BCUT2D eigenvalue weighted by molar-refractivity contribution is -0.129. The van der Waals surface area contributed by atoms with Gasteiger partial charge in [0.15, 0.2) is 5.70 Å². The summed E-state index contributed by atoms with van der Waals surface area (Å²) in [5.74, 6) is 0.450. The molecule has 0 fully saturated rings. The highest BCUT2D eigenvalue weighted by Crippen LogP contribution is 2.36. The number of halogens is 3. The minimum absolute atomic E-state index is 0.231. The molecule has 26 heavy (non-hydrogen) atoms. The summed E-state index contributed by atoms with van der Waals surface area (Å²) >= 11 is 10.4. The van der Waals surface area contributed by atoms with Crippen LogP contribution in [0.2, 0.25) is 0 Å². The second-order valence-corrected chi connectivity index (χ2v) is 7.79. The number of hydrogen-bond donors (Lipinski definition) is 0. The summed E-state index contributed by atoms with van der Waals surface area (Å²) in [7, 11) is 0. The van der Waals surface area contributed by atoms with Crippen molar-refractivity contribution in [1.82, 2.24) is 0 Å². The van der Waals surface area contributed by atoms with E-state index in [0.29, 0.717) is 12.4 Å². The Balaban J connectivity index is 1.93. The van der Waals surface area contributed by atoms with Gasteiger partial charge in [0, 0.05) is 4.47 Å². The number of carbonyl (C=O) groups is 1. The maximum Gasteiger partial charge on any atom is 0.363 e. The van der Waals surface area contributed by atoms with E-state index in [1.54, 1.807) is 12.2 Å². The zero-order valence-corrected chi connectivity index (χ0v) is 18.1. The van der Waals surface area contributed by atoms with Crippen molar-refractivity contribution in [3.8, 4) is 5.75 Å². The smallest absolute Gasteiger partial charge is 0.363 e. The van der Waals surface area contributed by atoms with E-state index in [4.69, 9.17) is 9.47 Å². The Morgan fingerprint density at radius 2 is 1.81 bits per heavy atom. The third kappa shape index (κ3) is 4.16. The number of carbonyl (C=O) groups excluding carboxylic acids is 1. The Bertz CT molecular complexity index is 928. The Labute approximate surface area is 176 Å². The SMILES string of the molecule is C=CCOc1c(Br)cc(/C=C2\N=C(c3ccccc3Br)OC2=O)cc1Br. The Kier molecular flexibility index (Phi) is 6.11. The summed E-state index contributed by atoms with van der Waals surface area (Å²) in [5.41, 5.74) is 1.73. The molecule has 0 unspecified atom stereocenters. The summed E-state index contributed by atoms with van der Waals surface area (Å²) in [6.45, 7) is 4.03. The number of benzene rings is 2. The molecule has 7 heteroatoms. The van der Waals surface area contributed by atoms with Crippen LogP contribution in [0.1, 0.15) is 11.1 Å². The van der Waals surface area contributed by atoms with Gasteiger partial charge in [-0.2, -0.15) is 0 Å². The predicted molar refractivity (Wildman–Crippen MR) is 112 cm³/mol. The molecular weight excluding hydrogens is 530 g/mol. The number of hydrogen-bond acceptors (Lipinski definition) is 4. The van der Waals surface area contributed by atoms with Crippen molar-refractivity contribution in [1.29, 1.82) is 0 Å². The van der Waals surface area contributed by atoms with Gasteiger partial charge in [-0.15, -0.1) is 0 Å². The van der Waals surface area contributed by atoms with Gasteiger partial charge in [-0.25, -0.2) is 9.79 Å². The normalized spacial score (nSPS) is 15.0. The third-order valence-electron chi connectivity index (χ3n) is 3.39. The lowest BCUT2D eigenvalue weighted by Crippen LogP contribution is -2.05. The molecule has 0 aliphatic carbocycles. The molecule has 0 aromatic heterocycles.